The molecule has 0 saturated heterocycles. The number of hydrogen-bond acceptors (Lipinski definition) is 2. The van der Waals surface area contributed by atoms with Crippen molar-refractivity contribution in [2.24, 2.45) is 5.92 Å². The van der Waals surface area contributed by atoms with Crippen molar-refractivity contribution in [1.29, 1.82) is 0 Å². The van der Waals surface area contributed by atoms with E-state index in [-0.39, 0.29) is 30.7 Å². The van der Waals surface area contributed by atoms with Crippen molar-refractivity contribution in [3.8, 4) is 0 Å². The number of nitrogens with one attached hydrogen (secondary N) is 1. The van der Waals surface area contributed by atoms with E-state index >= 15 is 0 Å². The van der Waals surface area contributed by atoms with E-state index in [9.17, 15) is 9.59 Å². The lowest BCUT2D eigenvalue weighted by molar-refractivity contribution is -0.137. The summed E-state index contributed by atoms with van der Waals surface area (Å²) in [5.41, 5.74) is 3.92. The lowest BCUT2D eigenvalue weighted by atomic mass is 9.74. The van der Waals surface area contributed by atoms with Crippen molar-refractivity contribution >= 4 is 11.9 Å². The fraction of sp³-hybridized carbons (Fsp3) is 0.455. The molecule has 2 atom stereocenters. The standard InChI is InChI=1S/C22H29NO3/c1-16(2)7-6-8-17-11-12-19(22(26)23-14-13-21(24)25)20(15-17)18-9-4-3-5-10-18/h3-5,7,9-11,19-20H,6,8,12-15H2,1-2H3,(H,23,26)(H,24,25)/t19-,20+/m1/s1. The van der Waals surface area contributed by atoms with Crippen LogP contribution in [-0.2, 0) is 9.59 Å². The van der Waals surface area contributed by atoms with Crippen molar-refractivity contribution in [2.75, 3.05) is 6.54 Å². The van der Waals surface area contributed by atoms with Crippen molar-refractivity contribution in [3.05, 3.63) is 59.2 Å². The minimum Gasteiger partial charge on any atom is -0.481 e. The van der Waals surface area contributed by atoms with Crippen LogP contribution in [0.3, 0.4) is 0 Å². The molecule has 4 nitrogen and oxygen atoms in total. The smallest absolute Gasteiger partial charge is 0.305 e. The number of allylic oxidation sites excluding steroid dienone is 4. The summed E-state index contributed by atoms with van der Waals surface area (Å²) in [7, 11) is 0. The maximum atomic E-state index is 12.6. The Balaban J connectivity index is 2.09. The van der Waals surface area contributed by atoms with Crippen molar-refractivity contribution < 1.29 is 14.7 Å². The molecule has 0 radical (unpaired) electrons. The van der Waals surface area contributed by atoms with Crippen molar-refractivity contribution in [2.45, 2.75) is 51.9 Å². The Morgan fingerprint density at radius 3 is 2.62 bits per heavy atom. The Bertz CT molecular complexity index is 672. The van der Waals surface area contributed by atoms with Crippen molar-refractivity contribution in [1.82, 2.24) is 5.32 Å². The highest BCUT2D eigenvalue weighted by Crippen LogP contribution is 2.39. The van der Waals surface area contributed by atoms with Crippen LogP contribution in [0.25, 0.3) is 0 Å². The summed E-state index contributed by atoms with van der Waals surface area (Å²) in [5, 5.41) is 11.6. The van der Waals surface area contributed by atoms with E-state index in [0.29, 0.717) is 6.42 Å². The van der Waals surface area contributed by atoms with Crippen LogP contribution in [0.2, 0.25) is 0 Å². The van der Waals surface area contributed by atoms with Crippen LogP contribution in [-0.4, -0.2) is 23.5 Å². The lowest BCUT2D eigenvalue weighted by Gasteiger charge is -2.31. The molecule has 140 valence electrons. The third-order valence-electron chi connectivity index (χ3n) is 4.85. The molecule has 0 spiro atoms. The average molecular weight is 355 g/mol. The second-order valence-corrected chi connectivity index (χ2v) is 7.18. The van der Waals surface area contributed by atoms with Crippen LogP contribution in [0, 0.1) is 5.92 Å². The van der Waals surface area contributed by atoms with E-state index in [2.05, 4.69) is 43.4 Å². The van der Waals surface area contributed by atoms with Crippen LogP contribution < -0.4 is 5.32 Å². The van der Waals surface area contributed by atoms with E-state index in [1.165, 1.54) is 16.7 Å². The summed E-state index contributed by atoms with van der Waals surface area (Å²) in [6, 6.07) is 10.2. The maximum absolute atomic E-state index is 12.6. The van der Waals surface area contributed by atoms with Gasteiger partial charge < -0.3 is 10.4 Å². The first-order chi connectivity index (χ1) is 12.5. The van der Waals surface area contributed by atoms with Crippen molar-refractivity contribution in [3.63, 3.8) is 0 Å². The summed E-state index contributed by atoms with van der Waals surface area (Å²) in [6.45, 7) is 4.41. The van der Waals surface area contributed by atoms with E-state index < -0.39 is 5.97 Å². The Labute approximate surface area is 156 Å². The van der Waals surface area contributed by atoms with Crippen LogP contribution in [0.5, 0.6) is 0 Å². The van der Waals surface area contributed by atoms with Crippen LogP contribution in [0.1, 0.15) is 57.4 Å². The number of carboxylic acids is 1. The van der Waals surface area contributed by atoms with E-state index in [4.69, 9.17) is 5.11 Å². The molecule has 0 fully saturated rings. The molecule has 1 aliphatic rings. The topological polar surface area (TPSA) is 66.4 Å². The molecular weight excluding hydrogens is 326 g/mol. The lowest BCUT2D eigenvalue weighted by Crippen LogP contribution is -2.36. The van der Waals surface area contributed by atoms with Crippen LogP contribution in [0.15, 0.2) is 53.6 Å². The Morgan fingerprint density at radius 1 is 1.23 bits per heavy atom. The molecule has 0 saturated carbocycles. The Morgan fingerprint density at radius 2 is 1.96 bits per heavy atom. The molecule has 0 unspecified atom stereocenters. The van der Waals surface area contributed by atoms with E-state index in [1.807, 2.05) is 18.2 Å². The predicted octanol–water partition coefficient (Wildman–Crippen LogP) is 4.44. The normalized spacial score (nSPS) is 19.4. The molecule has 26 heavy (non-hydrogen) atoms. The quantitative estimate of drug-likeness (QED) is 0.677. The zero-order valence-corrected chi connectivity index (χ0v) is 15.7. The second kappa shape index (κ2) is 9.95. The maximum Gasteiger partial charge on any atom is 0.305 e. The van der Waals surface area contributed by atoms with Gasteiger partial charge in [-0.2, -0.15) is 0 Å². The van der Waals surface area contributed by atoms with Gasteiger partial charge in [-0.1, -0.05) is 53.6 Å². The van der Waals surface area contributed by atoms with Gasteiger partial charge in [-0.05, 0) is 51.0 Å². The molecule has 2 rings (SSSR count). The first kappa shape index (κ1) is 20.0. The number of aliphatic carboxylic acids is 1. The molecular formula is C22H29NO3. The third kappa shape index (κ3) is 6.17. The molecule has 0 aromatic heterocycles. The third-order valence-corrected chi connectivity index (χ3v) is 4.85. The number of carbonyl (C=O) groups is 2. The van der Waals surface area contributed by atoms with Gasteiger partial charge in [-0.3, -0.25) is 9.59 Å². The Kier molecular flexibility index (Phi) is 7.64. The molecule has 0 bridgehead atoms. The molecule has 4 heteroatoms. The SMILES string of the molecule is CC(C)=CCCC1=CC[C@@H](C(=O)NCCC(=O)O)[C@H](c2ccccc2)C1. The largest absolute Gasteiger partial charge is 0.481 e. The highest BCUT2D eigenvalue weighted by molar-refractivity contribution is 5.80. The fourth-order valence-electron chi connectivity index (χ4n) is 3.48. The number of benzene rings is 1. The summed E-state index contributed by atoms with van der Waals surface area (Å²) in [4.78, 5) is 23.3. The predicted molar refractivity (Wildman–Crippen MR) is 104 cm³/mol. The Hall–Kier alpha value is -2.36. The molecule has 1 aromatic rings. The number of amides is 1. The second-order valence-electron chi connectivity index (χ2n) is 7.18. The summed E-state index contributed by atoms with van der Waals surface area (Å²) in [5.74, 6) is -0.930. The fourth-order valence-corrected chi connectivity index (χ4v) is 3.48. The molecule has 0 heterocycles. The van der Waals surface area contributed by atoms with Gasteiger partial charge >= 0.3 is 5.97 Å². The van der Waals surface area contributed by atoms with Gasteiger partial charge in [-0.25, -0.2) is 0 Å². The van der Waals surface area contributed by atoms with Gasteiger partial charge in [0.15, 0.2) is 0 Å². The average Bonchev–Trinajstić information content (AvgIpc) is 2.61. The highest BCUT2D eigenvalue weighted by Gasteiger charge is 2.32. The van der Waals surface area contributed by atoms with E-state index in [0.717, 1.165) is 19.3 Å². The highest BCUT2D eigenvalue weighted by atomic mass is 16.4. The van der Waals surface area contributed by atoms with Gasteiger partial charge in [0, 0.05) is 12.5 Å². The summed E-state index contributed by atoms with van der Waals surface area (Å²) in [6.07, 6.45) is 8.08. The number of carbonyl (C=O) groups excluding carboxylic acids is 1. The molecule has 1 aliphatic carbocycles. The molecule has 1 aromatic carbocycles. The monoisotopic (exact) mass is 355 g/mol. The van der Waals surface area contributed by atoms with Crippen LogP contribution >= 0.6 is 0 Å². The van der Waals surface area contributed by atoms with Crippen LogP contribution in [0.4, 0.5) is 0 Å². The van der Waals surface area contributed by atoms with E-state index in [1.54, 1.807) is 0 Å². The van der Waals surface area contributed by atoms with Gasteiger partial charge in [0.05, 0.1) is 6.42 Å². The minimum atomic E-state index is -0.894. The van der Waals surface area contributed by atoms with Gasteiger partial charge in [0.1, 0.15) is 0 Å². The summed E-state index contributed by atoms with van der Waals surface area (Å²) < 4.78 is 0. The molecule has 0 aliphatic heterocycles. The molecule has 1 amide bonds. The number of rotatable bonds is 8. The first-order valence-electron chi connectivity index (χ1n) is 9.33. The van der Waals surface area contributed by atoms with Gasteiger partial charge in [0.25, 0.3) is 0 Å². The minimum absolute atomic E-state index is 0.0419. The zero-order valence-electron chi connectivity index (χ0n) is 15.7. The zero-order chi connectivity index (χ0) is 18.9. The molecule has 2 N–H and O–H groups in total. The van der Waals surface area contributed by atoms with Gasteiger partial charge in [0.2, 0.25) is 5.91 Å². The first-order valence-corrected chi connectivity index (χ1v) is 9.33. The van der Waals surface area contributed by atoms with Gasteiger partial charge in [-0.15, -0.1) is 0 Å². The number of carboxylic acid groups (broad SMARTS) is 1. The summed E-state index contributed by atoms with van der Waals surface area (Å²) >= 11 is 0. The number of hydrogen-bond donors (Lipinski definition) is 2.